The van der Waals surface area contributed by atoms with Gasteiger partial charge in [-0.2, -0.15) is 0 Å². The number of aryl methyl sites for hydroxylation is 2. The van der Waals surface area contributed by atoms with Crippen molar-refractivity contribution in [3.05, 3.63) is 56.0 Å². The van der Waals surface area contributed by atoms with Gasteiger partial charge >= 0.3 is 0 Å². The molecule has 0 saturated carbocycles. The van der Waals surface area contributed by atoms with Crippen LogP contribution in [0.15, 0.2) is 22.8 Å². The molecular weight excluding hydrogens is 428 g/mol. The molecule has 5 rings (SSSR count). The summed E-state index contributed by atoms with van der Waals surface area (Å²) in [6, 6.07) is 4.45. The van der Waals surface area contributed by atoms with Crippen LogP contribution >= 0.6 is 11.3 Å². The SMILES string of the molecule is CCc1c(CCN2CCC(c3coc4cc(C)cc(C)c34)CC2)sc2c1CCN(C(C)=O)C2. The molecule has 0 N–H and O–H groups in total. The predicted octanol–water partition coefficient (Wildman–Crippen LogP) is 6.00. The number of nitrogens with zero attached hydrogens (tertiary/aromatic N) is 2. The van der Waals surface area contributed by atoms with Gasteiger partial charge in [0.1, 0.15) is 5.58 Å². The molecule has 1 fully saturated rings. The molecule has 0 atom stereocenters. The Morgan fingerprint density at radius 1 is 1.18 bits per heavy atom. The van der Waals surface area contributed by atoms with Crippen molar-refractivity contribution in [2.45, 2.75) is 72.3 Å². The predicted molar refractivity (Wildman–Crippen MR) is 136 cm³/mol. The van der Waals surface area contributed by atoms with Crippen molar-refractivity contribution in [2.24, 2.45) is 0 Å². The Balaban J connectivity index is 1.22. The summed E-state index contributed by atoms with van der Waals surface area (Å²) in [7, 11) is 0. The fourth-order valence-electron chi connectivity index (χ4n) is 6.01. The highest BCUT2D eigenvalue weighted by atomic mass is 32.1. The number of fused-ring (bicyclic) bond motifs is 2. The van der Waals surface area contributed by atoms with Crippen molar-refractivity contribution < 1.29 is 9.21 Å². The van der Waals surface area contributed by atoms with E-state index >= 15 is 0 Å². The molecule has 2 aliphatic rings. The highest BCUT2D eigenvalue weighted by Crippen LogP contribution is 2.37. The average molecular weight is 465 g/mol. The summed E-state index contributed by atoms with van der Waals surface area (Å²) in [4.78, 5) is 19.5. The number of hydrogen-bond acceptors (Lipinski definition) is 4. The number of benzene rings is 1. The molecule has 4 nitrogen and oxygen atoms in total. The lowest BCUT2D eigenvalue weighted by atomic mass is 9.88. The second-order valence-corrected chi connectivity index (χ2v) is 11.2. The first-order valence-electron chi connectivity index (χ1n) is 12.5. The quantitative estimate of drug-likeness (QED) is 0.465. The summed E-state index contributed by atoms with van der Waals surface area (Å²) >= 11 is 1.97. The van der Waals surface area contributed by atoms with E-state index in [0.717, 1.165) is 57.6 Å². The molecule has 0 radical (unpaired) electrons. The molecule has 1 aromatic carbocycles. The molecular formula is C28H36N2O2S. The van der Waals surface area contributed by atoms with Crippen LogP contribution in [0.3, 0.4) is 0 Å². The molecule has 0 spiro atoms. The van der Waals surface area contributed by atoms with Gasteiger partial charge in [0, 0.05) is 40.7 Å². The first kappa shape index (κ1) is 22.7. The number of carbonyl (C=O) groups is 1. The first-order chi connectivity index (χ1) is 15.9. The molecule has 33 heavy (non-hydrogen) atoms. The van der Waals surface area contributed by atoms with Gasteiger partial charge in [0.05, 0.1) is 12.8 Å². The minimum Gasteiger partial charge on any atom is -0.464 e. The van der Waals surface area contributed by atoms with Gasteiger partial charge in [0.15, 0.2) is 0 Å². The van der Waals surface area contributed by atoms with Crippen LogP contribution in [0.1, 0.15) is 70.2 Å². The second kappa shape index (κ2) is 9.27. The molecule has 5 heteroatoms. The zero-order chi connectivity index (χ0) is 23.1. The van der Waals surface area contributed by atoms with Crippen molar-refractivity contribution in [2.75, 3.05) is 26.2 Å². The van der Waals surface area contributed by atoms with Gasteiger partial charge in [-0.1, -0.05) is 13.0 Å². The van der Waals surface area contributed by atoms with Crippen LogP contribution in [0.4, 0.5) is 0 Å². The summed E-state index contributed by atoms with van der Waals surface area (Å²) in [5, 5.41) is 1.34. The number of amides is 1. The zero-order valence-corrected chi connectivity index (χ0v) is 21.3. The van der Waals surface area contributed by atoms with E-state index < -0.39 is 0 Å². The number of hydrogen-bond donors (Lipinski definition) is 0. The van der Waals surface area contributed by atoms with Crippen molar-refractivity contribution in [3.8, 4) is 0 Å². The standard InChI is InChI=1S/C28H36N2O2S/c1-5-22-23-8-13-30(20(4)31)16-27(23)33-26(22)9-12-29-10-6-21(7-11-29)24-17-32-25-15-18(2)14-19(3)28(24)25/h14-15,17,21H,5-13,16H2,1-4H3. The Morgan fingerprint density at radius 2 is 1.97 bits per heavy atom. The molecule has 0 unspecified atom stereocenters. The normalized spacial score (nSPS) is 17.6. The Hall–Kier alpha value is -2.11. The molecule has 2 aromatic heterocycles. The number of carbonyl (C=O) groups excluding carboxylic acids is 1. The molecule has 176 valence electrons. The molecule has 3 aromatic rings. The van der Waals surface area contributed by atoms with Crippen LogP contribution in [0.5, 0.6) is 0 Å². The van der Waals surface area contributed by atoms with Gasteiger partial charge in [0.25, 0.3) is 0 Å². The van der Waals surface area contributed by atoms with Crippen molar-refractivity contribution in [1.29, 1.82) is 0 Å². The van der Waals surface area contributed by atoms with Crippen LogP contribution < -0.4 is 0 Å². The highest BCUT2D eigenvalue weighted by molar-refractivity contribution is 7.12. The van der Waals surface area contributed by atoms with Crippen molar-refractivity contribution in [1.82, 2.24) is 9.80 Å². The van der Waals surface area contributed by atoms with Crippen molar-refractivity contribution >= 4 is 28.2 Å². The van der Waals surface area contributed by atoms with E-state index in [1.807, 2.05) is 22.5 Å². The molecule has 4 heterocycles. The van der Waals surface area contributed by atoms with E-state index in [9.17, 15) is 4.79 Å². The number of likely N-dealkylation sites (tertiary alicyclic amines) is 1. The maximum Gasteiger partial charge on any atom is 0.219 e. The maximum absolute atomic E-state index is 11.8. The van der Waals surface area contributed by atoms with Gasteiger partial charge in [-0.15, -0.1) is 11.3 Å². The van der Waals surface area contributed by atoms with Crippen LogP contribution in [-0.2, 0) is 30.6 Å². The lowest BCUT2D eigenvalue weighted by Gasteiger charge is -2.31. The number of piperidine rings is 1. The number of rotatable bonds is 5. The molecule has 1 saturated heterocycles. The Morgan fingerprint density at radius 3 is 2.70 bits per heavy atom. The van der Waals surface area contributed by atoms with Crippen LogP contribution in [0.25, 0.3) is 11.0 Å². The van der Waals surface area contributed by atoms with Crippen LogP contribution in [-0.4, -0.2) is 41.9 Å². The fourth-order valence-corrected chi connectivity index (χ4v) is 7.46. The monoisotopic (exact) mass is 464 g/mol. The van der Waals surface area contributed by atoms with Gasteiger partial charge in [0.2, 0.25) is 5.91 Å². The van der Waals surface area contributed by atoms with Crippen LogP contribution in [0.2, 0.25) is 0 Å². The average Bonchev–Trinajstić information content (AvgIpc) is 3.38. The third-order valence-electron chi connectivity index (χ3n) is 7.78. The number of thiophene rings is 1. The molecule has 0 aliphatic carbocycles. The molecule has 2 aliphatic heterocycles. The third kappa shape index (κ3) is 4.38. The Labute approximate surface area is 201 Å². The van der Waals surface area contributed by atoms with Gasteiger partial charge in [-0.3, -0.25) is 4.79 Å². The first-order valence-corrected chi connectivity index (χ1v) is 13.3. The van der Waals surface area contributed by atoms with Gasteiger partial charge in [-0.25, -0.2) is 0 Å². The van der Waals surface area contributed by atoms with E-state index in [1.54, 1.807) is 22.9 Å². The summed E-state index contributed by atoms with van der Waals surface area (Å²) in [5.74, 6) is 0.800. The van der Waals surface area contributed by atoms with E-state index in [0.29, 0.717) is 5.92 Å². The summed E-state index contributed by atoms with van der Waals surface area (Å²) < 4.78 is 5.95. The smallest absolute Gasteiger partial charge is 0.219 e. The van der Waals surface area contributed by atoms with Crippen LogP contribution in [0, 0.1) is 13.8 Å². The van der Waals surface area contributed by atoms with Gasteiger partial charge in [-0.05, 0) is 93.3 Å². The van der Waals surface area contributed by atoms with Crippen molar-refractivity contribution in [3.63, 3.8) is 0 Å². The maximum atomic E-state index is 11.8. The van der Waals surface area contributed by atoms with Gasteiger partial charge < -0.3 is 14.2 Å². The Kier molecular flexibility index (Phi) is 6.37. The minimum atomic E-state index is 0.201. The topological polar surface area (TPSA) is 36.7 Å². The lowest BCUT2D eigenvalue weighted by molar-refractivity contribution is -0.129. The van der Waals surface area contributed by atoms with E-state index in [2.05, 4.69) is 37.8 Å². The summed E-state index contributed by atoms with van der Waals surface area (Å²) in [5.41, 5.74) is 8.19. The van der Waals surface area contributed by atoms with E-state index in [-0.39, 0.29) is 5.91 Å². The molecule has 0 bridgehead atoms. The molecule has 1 amide bonds. The zero-order valence-electron chi connectivity index (χ0n) is 20.5. The second-order valence-electron chi connectivity index (χ2n) is 9.96. The summed E-state index contributed by atoms with van der Waals surface area (Å²) in [6.45, 7) is 13.5. The number of furan rings is 1. The van der Waals surface area contributed by atoms with E-state index in [4.69, 9.17) is 4.42 Å². The fraction of sp³-hybridized carbons (Fsp3) is 0.536. The highest BCUT2D eigenvalue weighted by Gasteiger charge is 2.27. The Bertz CT molecular complexity index is 1170. The minimum absolute atomic E-state index is 0.201. The van der Waals surface area contributed by atoms with E-state index in [1.165, 1.54) is 39.8 Å². The largest absolute Gasteiger partial charge is 0.464 e. The summed E-state index contributed by atoms with van der Waals surface area (Å²) in [6.07, 6.45) is 7.70. The third-order valence-corrected chi connectivity index (χ3v) is 9.10. The lowest BCUT2D eigenvalue weighted by Crippen LogP contribution is -2.34.